The molecule has 1 aromatic rings. The Morgan fingerprint density at radius 1 is 0.924 bits per heavy atom. The second-order valence-corrected chi connectivity index (χ2v) is 22.0. The van der Waals surface area contributed by atoms with Crippen LogP contribution in [0.3, 0.4) is 0 Å². The summed E-state index contributed by atoms with van der Waals surface area (Å²) in [6.45, 7) is 23.1. The number of hydrogen-bond donors (Lipinski definition) is 2. The summed E-state index contributed by atoms with van der Waals surface area (Å²) in [5.41, 5.74) is -1.74. The van der Waals surface area contributed by atoms with Crippen LogP contribution in [0.4, 0.5) is 0 Å². The monoisotopic (exact) mass is 935 g/mol. The van der Waals surface area contributed by atoms with Gasteiger partial charge in [-0.25, -0.2) is 4.57 Å². The van der Waals surface area contributed by atoms with Crippen molar-refractivity contribution in [3.05, 3.63) is 57.7 Å². The van der Waals surface area contributed by atoms with Crippen molar-refractivity contribution in [1.82, 2.24) is 9.80 Å². The van der Waals surface area contributed by atoms with Crippen molar-refractivity contribution in [1.29, 1.82) is 0 Å². The van der Waals surface area contributed by atoms with Gasteiger partial charge in [-0.3, -0.25) is 29.1 Å². The molecule has 2 N–H and O–H groups in total. The minimum absolute atomic E-state index is 0.00566. The summed E-state index contributed by atoms with van der Waals surface area (Å²) in [5, 5.41) is 0. The Morgan fingerprint density at radius 2 is 1.58 bits per heavy atom. The summed E-state index contributed by atoms with van der Waals surface area (Å²) in [5.74, 6) is -2.72. The Bertz CT molecular complexity index is 2220. The number of carbonyl (C=O) groups is 3. The van der Waals surface area contributed by atoms with Crippen LogP contribution in [0.15, 0.2) is 41.0 Å². The lowest BCUT2D eigenvalue weighted by Crippen LogP contribution is -2.82. The van der Waals surface area contributed by atoms with E-state index in [0.29, 0.717) is 75.5 Å². The van der Waals surface area contributed by atoms with E-state index in [4.69, 9.17) is 23.5 Å². The van der Waals surface area contributed by atoms with Crippen LogP contribution in [0.5, 0.6) is 17.2 Å². The maximum absolute atomic E-state index is 16.3. The van der Waals surface area contributed by atoms with Crippen LogP contribution in [0.2, 0.25) is 0 Å². The number of rotatable bonds is 19. The molecule has 4 heterocycles. The second-order valence-electron chi connectivity index (χ2n) is 20.9. The number of allylic oxidation sites excluding steroid dienone is 4. The van der Waals surface area contributed by atoms with Crippen molar-refractivity contribution in [2.24, 2.45) is 17.8 Å². The number of phosphoric ester groups is 1. The molecule has 66 heavy (non-hydrogen) atoms. The van der Waals surface area contributed by atoms with E-state index in [1.165, 1.54) is 5.57 Å². The minimum Gasteiger partial charge on any atom is -0.482 e. The first kappa shape index (κ1) is 50.3. The Morgan fingerprint density at radius 3 is 2.18 bits per heavy atom. The highest BCUT2D eigenvalue weighted by Gasteiger charge is 2.86. The van der Waals surface area contributed by atoms with Crippen LogP contribution in [0.1, 0.15) is 155 Å². The van der Waals surface area contributed by atoms with Gasteiger partial charge < -0.3 is 28.4 Å². The third-order valence-corrected chi connectivity index (χ3v) is 15.5. The zero-order valence-corrected chi connectivity index (χ0v) is 42.0. The number of hydrogen-bond acceptors (Lipinski definition) is 10. The Labute approximate surface area is 392 Å². The molecule has 0 aromatic heterocycles. The lowest BCUT2D eigenvalue weighted by molar-refractivity contribution is -0.215. The van der Waals surface area contributed by atoms with Gasteiger partial charge in [-0.05, 0) is 106 Å². The van der Waals surface area contributed by atoms with E-state index in [2.05, 4.69) is 24.8 Å². The highest BCUT2D eigenvalue weighted by molar-refractivity contribution is 7.46. The predicted octanol–water partition coefficient (Wildman–Crippen LogP) is 9.52. The van der Waals surface area contributed by atoms with Crippen molar-refractivity contribution in [3.63, 3.8) is 0 Å². The largest absolute Gasteiger partial charge is 0.524 e. The Kier molecular flexibility index (Phi) is 14.8. The van der Waals surface area contributed by atoms with Crippen molar-refractivity contribution >= 4 is 31.4 Å². The van der Waals surface area contributed by atoms with Crippen LogP contribution in [0.25, 0.3) is 6.08 Å². The molecule has 5 fully saturated rings. The first-order chi connectivity index (χ1) is 31.1. The zero-order valence-electron chi connectivity index (χ0n) is 41.1. The number of unbranched alkanes of at least 4 members (excludes halogenated alkanes) is 4. The number of nitrogens with zero attached hydrogens (tertiary/aromatic N) is 2. The molecule has 2 saturated heterocycles. The van der Waals surface area contributed by atoms with Crippen molar-refractivity contribution in [2.45, 2.75) is 168 Å². The molecule has 3 saturated carbocycles. The molecule has 4 bridgehead atoms. The van der Waals surface area contributed by atoms with E-state index in [9.17, 15) is 19.1 Å². The first-order valence-corrected chi connectivity index (χ1v) is 26.1. The van der Waals surface area contributed by atoms with Gasteiger partial charge in [0.05, 0.1) is 30.3 Å². The van der Waals surface area contributed by atoms with Gasteiger partial charge in [0.1, 0.15) is 22.7 Å². The number of ketones is 2. The molecule has 14 heteroatoms. The fourth-order valence-electron chi connectivity index (χ4n) is 12.0. The standard InChI is InChI=1S/C52H75N2O11P/c1-11-13-15-26-54(27-16-14-12-2)48(57)35(7)21-25-51-47(56)38-32-39(49(8,9)65-51)52(51)41(42(38)53-28-30-61-31-29-53)43(55)40-45(63-52)36(20-19-34(5)6)44-37(46(40)64-66(58,59)60)22-24-50(10,62-44)23-17-18-33(3)4/h18-19,21-22,24,38-39,41-42H,11-17,20,23,25-32H2,1-10H3,(H2,58,59,60). The van der Waals surface area contributed by atoms with Gasteiger partial charge in [0.25, 0.3) is 0 Å². The zero-order chi connectivity index (χ0) is 48.0. The van der Waals surface area contributed by atoms with E-state index >= 15 is 9.59 Å². The lowest BCUT2D eigenvalue weighted by atomic mass is 9.44. The van der Waals surface area contributed by atoms with Crippen LogP contribution >= 0.6 is 7.82 Å². The summed E-state index contributed by atoms with van der Waals surface area (Å²) < 4.78 is 46.4. The molecule has 4 aliphatic heterocycles. The highest BCUT2D eigenvalue weighted by atomic mass is 31.2. The first-order valence-electron chi connectivity index (χ1n) is 24.5. The molecule has 364 valence electrons. The third-order valence-electron chi connectivity index (χ3n) is 15.1. The van der Waals surface area contributed by atoms with Gasteiger partial charge in [0.2, 0.25) is 5.91 Å². The van der Waals surface area contributed by atoms with E-state index in [1.54, 1.807) is 13.0 Å². The van der Waals surface area contributed by atoms with Crippen molar-refractivity contribution in [3.8, 4) is 17.2 Å². The molecule has 1 aromatic carbocycles. The molecule has 1 spiro atoms. The maximum atomic E-state index is 16.3. The fourth-order valence-corrected chi connectivity index (χ4v) is 12.4. The quantitative estimate of drug-likeness (QED) is 0.0586. The van der Waals surface area contributed by atoms with Crippen molar-refractivity contribution < 1.29 is 52.2 Å². The Balaban J connectivity index is 1.46. The van der Waals surface area contributed by atoms with Crippen LogP contribution in [0, 0.1) is 17.8 Å². The highest BCUT2D eigenvalue weighted by Crippen LogP contribution is 2.71. The number of ether oxygens (including phenoxy) is 4. The van der Waals surface area contributed by atoms with Gasteiger partial charge >= 0.3 is 7.82 Å². The molecular weight excluding hydrogens is 860 g/mol. The molecular formula is C52H75N2O11P. The molecule has 13 nitrogen and oxygen atoms in total. The molecule has 7 aliphatic rings. The molecule has 1 amide bonds. The summed E-state index contributed by atoms with van der Waals surface area (Å²) >= 11 is 0. The number of amides is 1. The van der Waals surface area contributed by atoms with Crippen LogP contribution < -0.4 is 14.0 Å². The Hall–Kier alpha value is -3.58. The van der Waals surface area contributed by atoms with E-state index in [1.807, 2.05) is 71.6 Å². The summed E-state index contributed by atoms with van der Waals surface area (Å²) in [6, 6.07) is -0.631. The number of fused-ring (bicyclic) bond motifs is 2. The summed E-state index contributed by atoms with van der Waals surface area (Å²) in [4.78, 5) is 71.6. The third kappa shape index (κ3) is 9.18. The van der Waals surface area contributed by atoms with E-state index < -0.39 is 59.8 Å². The fraction of sp³-hybridized carbons (Fsp3) is 0.673. The van der Waals surface area contributed by atoms with Gasteiger partial charge in [-0.2, -0.15) is 0 Å². The smallest absolute Gasteiger partial charge is 0.482 e. The molecule has 8 rings (SSSR count). The van der Waals surface area contributed by atoms with E-state index in [0.717, 1.165) is 44.1 Å². The van der Waals surface area contributed by atoms with Crippen molar-refractivity contribution in [2.75, 3.05) is 39.4 Å². The second kappa shape index (κ2) is 19.4. The average molecular weight is 935 g/mol. The molecule has 3 aliphatic carbocycles. The van der Waals surface area contributed by atoms with Gasteiger partial charge in [-0.1, -0.05) is 68.9 Å². The molecule has 7 atom stereocenters. The average Bonchev–Trinajstić information content (AvgIpc) is 3.39. The van der Waals surface area contributed by atoms with Crippen LogP contribution in [-0.4, -0.2) is 105 Å². The summed E-state index contributed by atoms with van der Waals surface area (Å²) in [7, 11) is -5.29. The number of phosphoric acid groups is 1. The molecule has 0 radical (unpaired) electrons. The molecule has 7 unspecified atom stereocenters. The maximum Gasteiger partial charge on any atom is 0.524 e. The van der Waals surface area contributed by atoms with E-state index in [-0.39, 0.29) is 47.2 Å². The van der Waals surface area contributed by atoms with Gasteiger partial charge in [0.15, 0.2) is 28.5 Å². The number of morpholine rings is 1. The summed E-state index contributed by atoms with van der Waals surface area (Å²) in [6.07, 6.45) is 17.4. The number of benzene rings is 1. The van der Waals surface area contributed by atoms with Gasteiger partial charge in [-0.15, -0.1) is 0 Å². The number of Topliss-reactive ketones (excluding diaryl/α,β-unsaturated/α-hetero) is 2. The van der Waals surface area contributed by atoms with Crippen LogP contribution in [-0.2, 0) is 30.0 Å². The van der Waals surface area contributed by atoms with Gasteiger partial charge in [0, 0.05) is 61.6 Å². The normalized spacial score (nSPS) is 29.6. The lowest BCUT2D eigenvalue weighted by Gasteiger charge is -2.64. The number of carbonyl (C=O) groups excluding carboxylic acids is 3. The SMILES string of the molecule is CCCCCN(CCCCC)C(=O)C(C)=CCC12OC(C)(C)C3CC(C1=O)C(N1CCOCC1)C1C(=O)c4c(OP(=O)(O)O)c5c(c(CC=C(C)C)c4OC132)OC(C)(CCC=C(C)C)C=C5. The minimum atomic E-state index is -5.29. The predicted molar refractivity (Wildman–Crippen MR) is 255 cm³/mol. The topological polar surface area (TPSA) is 161 Å².